The van der Waals surface area contributed by atoms with Gasteiger partial charge in [0.2, 0.25) is 5.91 Å². The monoisotopic (exact) mass is 271 g/mol. The molecule has 7 heteroatoms. The molecule has 110 valence electrons. The minimum absolute atomic E-state index is 0.0265. The van der Waals surface area contributed by atoms with Crippen LogP contribution in [0, 0.1) is 0 Å². The average Bonchev–Trinajstić information content (AvgIpc) is 2.38. The Morgan fingerprint density at radius 2 is 2.00 bits per heavy atom. The second-order valence-corrected chi connectivity index (χ2v) is 4.45. The van der Waals surface area contributed by atoms with Crippen LogP contribution in [0.15, 0.2) is 4.99 Å². The summed E-state index contributed by atoms with van der Waals surface area (Å²) in [5.41, 5.74) is 16.1. The van der Waals surface area contributed by atoms with Gasteiger partial charge in [0, 0.05) is 6.54 Å². The van der Waals surface area contributed by atoms with Crippen LogP contribution in [0.25, 0.3) is 0 Å². The van der Waals surface area contributed by atoms with Crippen molar-refractivity contribution in [1.29, 1.82) is 0 Å². The molecule has 0 saturated carbocycles. The zero-order valence-electron chi connectivity index (χ0n) is 11.5. The zero-order chi connectivity index (χ0) is 14.7. The summed E-state index contributed by atoms with van der Waals surface area (Å²) >= 11 is 0. The first kappa shape index (κ1) is 17.4. The predicted octanol–water partition coefficient (Wildman–Crippen LogP) is -0.759. The van der Waals surface area contributed by atoms with Gasteiger partial charge in [-0.05, 0) is 19.3 Å². The van der Waals surface area contributed by atoms with E-state index in [0.717, 1.165) is 19.1 Å². The molecular weight excluding hydrogens is 246 g/mol. The van der Waals surface area contributed by atoms with Gasteiger partial charge in [-0.2, -0.15) is 0 Å². The number of guanidine groups is 1. The number of hydrogen-bond acceptors (Lipinski definition) is 4. The number of rotatable bonds is 10. The molecule has 2 atom stereocenters. The number of nitrogens with zero attached hydrogens (tertiary/aromatic N) is 1. The summed E-state index contributed by atoms with van der Waals surface area (Å²) in [5, 5.41) is 2.63. The number of amides is 1. The maximum atomic E-state index is 11.7. The molecule has 19 heavy (non-hydrogen) atoms. The highest BCUT2D eigenvalue weighted by atomic mass is 16.2. The van der Waals surface area contributed by atoms with Crippen LogP contribution in [0.1, 0.15) is 39.0 Å². The smallest absolute Gasteiger partial charge is 0.237 e. The Hall–Kier alpha value is -1.63. The fourth-order valence-corrected chi connectivity index (χ4v) is 1.54. The number of unbranched alkanes of at least 4 members (excludes halogenated alkanes) is 1. The third kappa shape index (κ3) is 9.01. The quantitative estimate of drug-likeness (QED) is 0.179. The van der Waals surface area contributed by atoms with E-state index in [9.17, 15) is 9.59 Å². The Labute approximate surface area is 114 Å². The van der Waals surface area contributed by atoms with E-state index in [2.05, 4.69) is 10.3 Å². The van der Waals surface area contributed by atoms with Crippen LogP contribution in [0.2, 0.25) is 0 Å². The van der Waals surface area contributed by atoms with E-state index in [1.54, 1.807) is 0 Å². The number of carbonyl (C=O) groups excluding carboxylic acids is 2. The highest BCUT2D eigenvalue weighted by molar-refractivity contribution is 5.84. The van der Waals surface area contributed by atoms with Crippen molar-refractivity contribution in [1.82, 2.24) is 5.32 Å². The number of hydrogen-bond donors (Lipinski definition) is 4. The summed E-state index contributed by atoms with van der Waals surface area (Å²) in [6.07, 6.45) is 4.36. The second-order valence-electron chi connectivity index (χ2n) is 4.45. The minimum atomic E-state index is -0.640. The van der Waals surface area contributed by atoms with Crippen LogP contribution >= 0.6 is 0 Å². The van der Waals surface area contributed by atoms with Gasteiger partial charge in [-0.25, -0.2) is 0 Å². The molecule has 7 N–H and O–H groups in total. The van der Waals surface area contributed by atoms with Crippen LogP contribution in [-0.4, -0.2) is 36.8 Å². The van der Waals surface area contributed by atoms with Gasteiger partial charge in [0.15, 0.2) is 5.96 Å². The largest absolute Gasteiger partial charge is 0.370 e. The summed E-state index contributed by atoms with van der Waals surface area (Å²) in [5.74, 6) is -0.281. The Morgan fingerprint density at radius 1 is 1.32 bits per heavy atom. The number of carbonyl (C=O) groups is 2. The van der Waals surface area contributed by atoms with E-state index in [0.29, 0.717) is 25.8 Å². The van der Waals surface area contributed by atoms with Crippen molar-refractivity contribution < 1.29 is 9.59 Å². The van der Waals surface area contributed by atoms with Crippen LogP contribution in [-0.2, 0) is 9.59 Å². The van der Waals surface area contributed by atoms with E-state index < -0.39 is 12.1 Å². The van der Waals surface area contributed by atoms with Crippen LogP contribution in [0.3, 0.4) is 0 Å². The highest BCUT2D eigenvalue weighted by Gasteiger charge is 2.16. The van der Waals surface area contributed by atoms with Crippen molar-refractivity contribution in [3.8, 4) is 0 Å². The van der Waals surface area contributed by atoms with E-state index in [1.807, 2.05) is 6.92 Å². The lowest BCUT2D eigenvalue weighted by Crippen LogP contribution is -2.46. The van der Waals surface area contributed by atoms with Crippen molar-refractivity contribution >= 4 is 18.2 Å². The zero-order valence-corrected chi connectivity index (χ0v) is 11.5. The van der Waals surface area contributed by atoms with Crippen LogP contribution in [0.5, 0.6) is 0 Å². The van der Waals surface area contributed by atoms with Crippen LogP contribution in [0.4, 0.5) is 0 Å². The third-order valence-electron chi connectivity index (χ3n) is 2.66. The topological polar surface area (TPSA) is 137 Å². The van der Waals surface area contributed by atoms with Gasteiger partial charge < -0.3 is 27.3 Å². The summed E-state index contributed by atoms with van der Waals surface area (Å²) < 4.78 is 0. The van der Waals surface area contributed by atoms with Gasteiger partial charge >= 0.3 is 0 Å². The van der Waals surface area contributed by atoms with Crippen molar-refractivity contribution in [3.05, 3.63) is 0 Å². The number of nitrogens with two attached hydrogens (primary N) is 3. The standard InChI is InChI=1S/C12H25N5O2/c1-2-3-5-9(8-18)17-11(19)10(13)6-4-7-16-12(14)15/h8-10H,2-7,13H2,1H3,(H,17,19)(H4,14,15,16)/t9-,10-/m0/s1. The molecule has 0 aliphatic carbocycles. The molecule has 0 aromatic carbocycles. The first-order valence-corrected chi connectivity index (χ1v) is 6.57. The second kappa shape index (κ2) is 10.3. The van der Waals surface area contributed by atoms with Crippen molar-refractivity contribution in [2.45, 2.75) is 51.1 Å². The first-order chi connectivity index (χ1) is 9.01. The van der Waals surface area contributed by atoms with Crippen LogP contribution < -0.4 is 22.5 Å². The normalized spacial score (nSPS) is 13.4. The fourth-order valence-electron chi connectivity index (χ4n) is 1.54. The Kier molecular flexibility index (Phi) is 9.42. The maximum Gasteiger partial charge on any atom is 0.237 e. The van der Waals surface area contributed by atoms with Crippen molar-refractivity contribution in [2.75, 3.05) is 6.54 Å². The van der Waals surface area contributed by atoms with E-state index in [1.165, 1.54) is 0 Å². The molecule has 0 saturated heterocycles. The van der Waals surface area contributed by atoms with Crippen molar-refractivity contribution in [2.24, 2.45) is 22.2 Å². The summed E-state index contributed by atoms with van der Waals surface area (Å²) in [6.45, 7) is 2.47. The lowest BCUT2D eigenvalue weighted by atomic mass is 10.1. The lowest BCUT2D eigenvalue weighted by molar-refractivity contribution is -0.125. The van der Waals surface area contributed by atoms with E-state index in [4.69, 9.17) is 17.2 Å². The Bertz CT molecular complexity index is 302. The average molecular weight is 271 g/mol. The highest BCUT2D eigenvalue weighted by Crippen LogP contribution is 2.00. The van der Waals surface area contributed by atoms with Gasteiger partial charge in [0.25, 0.3) is 0 Å². The molecule has 7 nitrogen and oxygen atoms in total. The Balaban J connectivity index is 3.97. The van der Waals surface area contributed by atoms with Gasteiger partial charge in [0.05, 0.1) is 12.1 Å². The Morgan fingerprint density at radius 3 is 2.53 bits per heavy atom. The molecule has 0 spiro atoms. The third-order valence-corrected chi connectivity index (χ3v) is 2.66. The molecule has 0 heterocycles. The molecule has 0 aromatic heterocycles. The van der Waals surface area contributed by atoms with E-state index in [-0.39, 0.29) is 11.9 Å². The van der Waals surface area contributed by atoms with Gasteiger partial charge in [-0.3, -0.25) is 9.79 Å². The molecule has 0 aliphatic rings. The molecule has 0 rings (SSSR count). The summed E-state index contributed by atoms with van der Waals surface area (Å²) in [6, 6.07) is -1.09. The summed E-state index contributed by atoms with van der Waals surface area (Å²) in [4.78, 5) is 26.3. The molecule has 0 radical (unpaired) electrons. The molecule has 0 aliphatic heterocycles. The van der Waals surface area contributed by atoms with E-state index >= 15 is 0 Å². The molecular formula is C12H25N5O2. The molecule has 0 unspecified atom stereocenters. The minimum Gasteiger partial charge on any atom is -0.370 e. The number of aliphatic imine (C=N–C) groups is 1. The first-order valence-electron chi connectivity index (χ1n) is 6.57. The number of aldehydes is 1. The molecule has 0 aromatic rings. The maximum absolute atomic E-state index is 11.7. The predicted molar refractivity (Wildman–Crippen MR) is 75.4 cm³/mol. The van der Waals surface area contributed by atoms with Gasteiger partial charge in [-0.15, -0.1) is 0 Å². The van der Waals surface area contributed by atoms with Crippen molar-refractivity contribution in [3.63, 3.8) is 0 Å². The number of nitrogens with one attached hydrogen (secondary N) is 1. The van der Waals surface area contributed by atoms with Gasteiger partial charge in [-0.1, -0.05) is 19.8 Å². The fraction of sp³-hybridized carbons (Fsp3) is 0.750. The lowest BCUT2D eigenvalue weighted by Gasteiger charge is -2.16. The summed E-state index contributed by atoms with van der Waals surface area (Å²) in [7, 11) is 0. The molecule has 0 bridgehead atoms. The molecule has 0 fully saturated rings. The SMILES string of the molecule is CCCC[C@@H](C=O)NC(=O)[C@@H](N)CCCN=C(N)N. The van der Waals surface area contributed by atoms with Gasteiger partial charge in [0.1, 0.15) is 6.29 Å². The molecule has 1 amide bonds.